The molecule has 3 aromatic rings. The predicted octanol–water partition coefficient (Wildman–Crippen LogP) is 5.00. The number of amides is 3. The van der Waals surface area contributed by atoms with Crippen LogP contribution >= 0.6 is 15.9 Å². The second-order valence-electron chi connectivity index (χ2n) is 7.45. The van der Waals surface area contributed by atoms with Crippen molar-refractivity contribution in [3.05, 3.63) is 99.2 Å². The van der Waals surface area contributed by atoms with E-state index in [0.717, 1.165) is 16.0 Å². The van der Waals surface area contributed by atoms with Gasteiger partial charge in [0.25, 0.3) is 5.91 Å². The number of rotatable bonds is 7. The fraction of sp³-hybridized carbons (Fsp3) is 0.115. The summed E-state index contributed by atoms with van der Waals surface area (Å²) in [5.74, 6) is 0.507. The zero-order valence-corrected chi connectivity index (χ0v) is 19.8. The molecule has 0 radical (unpaired) electrons. The van der Waals surface area contributed by atoms with Gasteiger partial charge in [-0.1, -0.05) is 64.5 Å². The molecule has 1 N–H and O–H groups in total. The van der Waals surface area contributed by atoms with Gasteiger partial charge in [-0.3, -0.25) is 9.69 Å². The number of carbonyl (C=O) groups excluding carboxylic acids is 2. The number of benzene rings is 3. The Morgan fingerprint density at radius 1 is 1.06 bits per heavy atom. The molecule has 34 heavy (non-hydrogen) atoms. The molecule has 0 aromatic heterocycles. The van der Waals surface area contributed by atoms with Crippen LogP contribution in [0.3, 0.4) is 0 Å². The number of imide groups is 1. The van der Waals surface area contributed by atoms with Gasteiger partial charge in [-0.05, 0) is 35.4 Å². The Bertz CT molecular complexity index is 1320. The summed E-state index contributed by atoms with van der Waals surface area (Å²) in [7, 11) is 1.51. The molecule has 1 saturated heterocycles. The second-order valence-corrected chi connectivity index (χ2v) is 8.30. The third-order valence-electron chi connectivity index (χ3n) is 5.25. The SMILES string of the molecule is COc1cc(/C=C2/NC(=O)N(Cc3ccccc3)C2=O)c(Br)cc1OCc1ccccc1C#N. The number of nitrogens with zero attached hydrogens (tertiary/aromatic N) is 2. The predicted molar refractivity (Wildman–Crippen MR) is 130 cm³/mol. The van der Waals surface area contributed by atoms with Crippen LogP contribution in [0.1, 0.15) is 22.3 Å². The van der Waals surface area contributed by atoms with Gasteiger partial charge in [0.2, 0.25) is 0 Å². The lowest BCUT2D eigenvalue weighted by molar-refractivity contribution is -0.123. The first-order chi connectivity index (χ1) is 16.5. The van der Waals surface area contributed by atoms with Gasteiger partial charge in [0, 0.05) is 10.0 Å². The molecule has 0 bridgehead atoms. The summed E-state index contributed by atoms with van der Waals surface area (Å²) in [6.45, 7) is 0.375. The van der Waals surface area contributed by atoms with Crippen LogP contribution in [0.4, 0.5) is 4.79 Å². The number of carbonyl (C=O) groups is 2. The Morgan fingerprint density at radius 3 is 2.53 bits per heavy atom. The zero-order valence-electron chi connectivity index (χ0n) is 18.2. The van der Waals surface area contributed by atoms with E-state index in [1.54, 1.807) is 30.3 Å². The molecule has 0 saturated carbocycles. The van der Waals surface area contributed by atoms with E-state index >= 15 is 0 Å². The largest absolute Gasteiger partial charge is 0.493 e. The average Bonchev–Trinajstić information content (AvgIpc) is 3.12. The molecule has 0 atom stereocenters. The standard InChI is InChI=1S/C26H20BrN3O4/c1-33-23-12-20(21(27)13-24(23)34-16-19-10-6-5-9-18(19)14-28)11-22-25(31)30(26(32)29-22)15-17-7-3-2-4-8-17/h2-13H,15-16H2,1H3,(H,29,32)/b22-11+. The lowest BCUT2D eigenvalue weighted by Gasteiger charge is -2.14. The number of nitrogens with one attached hydrogen (secondary N) is 1. The normalized spacial score (nSPS) is 14.1. The van der Waals surface area contributed by atoms with Crippen molar-refractivity contribution in [1.29, 1.82) is 5.26 Å². The van der Waals surface area contributed by atoms with Crippen molar-refractivity contribution in [2.75, 3.05) is 7.11 Å². The maximum Gasteiger partial charge on any atom is 0.329 e. The van der Waals surface area contributed by atoms with Crippen LogP contribution in [0.5, 0.6) is 11.5 Å². The van der Waals surface area contributed by atoms with E-state index in [-0.39, 0.29) is 18.8 Å². The lowest BCUT2D eigenvalue weighted by atomic mass is 10.1. The van der Waals surface area contributed by atoms with Crippen LogP contribution in [0.2, 0.25) is 0 Å². The Morgan fingerprint density at radius 2 is 1.79 bits per heavy atom. The van der Waals surface area contributed by atoms with Crippen LogP contribution in [-0.2, 0) is 17.9 Å². The molecule has 0 unspecified atom stereocenters. The number of ether oxygens (including phenoxy) is 2. The molecular weight excluding hydrogens is 498 g/mol. The maximum atomic E-state index is 12.9. The molecule has 170 valence electrons. The summed E-state index contributed by atoms with van der Waals surface area (Å²) in [6, 6.07) is 21.6. The topological polar surface area (TPSA) is 91.7 Å². The maximum absolute atomic E-state index is 12.9. The molecule has 1 aliphatic heterocycles. The zero-order chi connectivity index (χ0) is 24.1. The van der Waals surface area contributed by atoms with Crippen molar-refractivity contribution >= 4 is 33.9 Å². The first-order valence-corrected chi connectivity index (χ1v) is 11.2. The molecule has 0 spiro atoms. The van der Waals surface area contributed by atoms with Crippen LogP contribution in [-0.4, -0.2) is 23.9 Å². The molecule has 8 heteroatoms. The van der Waals surface area contributed by atoms with Crippen LogP contribution in [0, 0.1) is 11.3 Å². The third-order valence-corrected chi connectivity index (χ3v) is 5.94. The Labute approximate surface area is 205 Å². The monoisotopic (exact) mass is 517 g/mol. The number of halogens is 1. The van der Waals surface area contributed by atoms with Crippen molar-refractivity contribution in [3.63, 3.8) is 0 Å². The van der Waals surface area contributed by atoms with Gasteiger partial charge < -0.3 is 14.8 Å². The Kier molecular flexibility index (Phi) is 6.95. The third kappa shape index (κ3) is 4.95. The summed E-state index contributed by atoms with van der Waals surface area (Å²) >= 11 is 3.51. The molecule has 3 aromatic carbocycles. The number of nitriles is 1. The van der Waals surface area contributed by atoms with E-state index in [0.29, 0.717) is 27.1 Å². The van der Waals surface area contributed by atoms with Gasteiger partial charge in [-0.2, -0.15) is 5.26 Å². The fourth-order valence-corrected chi connectivity index (χ4v) is 3.92. The summed E-state index contributed by atoms with van der Waals surface area (Å²) < 4.78 is 12.0. The molecule has 1 heterocycles. The highest BCUT2D eigenvalue weighted by Crippen LogP contribution is 2.35. The minimum atomic E-state index is -0.473. The first kappa shape index (κ1) is 23.1. The fourth-order valence-electron chi connectivity index (χ4n) is 3.48. The van der Waals surface area contributed by atoms with Gasteiger partial charge in [0.15, 0.2) is 11.5 Å². The Hall–Kier alpha value is -4.09. The van der Waals surface area contributed by atoms with Crippen molar-refractivity contribution in [1.82, 2.24) is 10.2 Å². The summed E-state index contributed by atoms with van der Waals surface area (Å²) in [5.41, 5.74) is 2.95. The van der Waals surface area contributed by atoms with Crippen molar-refractivity contribution in [2.24, 2.45) is 0 Å². The molecule has 7 nitrogen and oxygen atoms in total. The van der Waals surface area contributed by atoms with Gasteiger partial charge in [-0.15, -0.1) is 0 Å². The van der Waals surface area contributed by atoms with Crippen molar-refractivity contribution in [2.45, 2.75) is 13.2 Å². The molecule has 1 aliphatic rings. The van der Waals surface area contributed by atoms with Crippen LogP contribution in [0.15, 0.2) is 76.9 Å². The van der Waals surface area contributed by atoms with Crippen LogP contribution in [0.25, 0.3) is 6.08 Å². The number of methoxy groups -OCH3 is 1. The highest BCUT2D eigenvalue weighted by Gasteiger charge is 2.33. The highest BCUT2D eigenvalue weighted by atomic mass is 79.9. The first-order valence-electron chi connectivity index (χ1n) is 10.4. The minimum absolute atomic E-state index is 0.167. The smallest absolute Gasteiger partial charge is 0.329 e. The van der Waals surface area contributed by atoms with Gasteiger partial charge in [-0.25, -0.2) is 4.79 Å². The summed E-state index contributed by atoms with van der Waals surface area (Å²) in [4.78, 5) is 26.4. The molecule has 0 aliphatic carbocycles. The molecule has 1 fully saturated rings. The molecular formula is C26H20BrN3O4. The minimum Gasteiger partial charge on any atom is -0.493 e. The van der Waals surface area contributed by atoms with E-state index < -0.39 is 11.9 Å². The number of urea groups is 1. The van der Waals surface area contributed by atoms with Gasteiger partial charge >= 0.3 is 6.03 Å². The lowest BCUT2D eigenvalue weighted by Crippen LogP contribution is -2.30. The van der Waals surface area contributed by atoms with E-state index in [9.17, 15) is 14.9 Å². The highest BCUT2D eigenvalue weighted by molar-refractivity contribution is 9.10. The number of hydrogen-bond acceptors (Lipinski definition) is 5. The number of hydrogen-bond donors (Lipinski definition) is 1. The van der Waals surface area contributed by atoms with E-state index in [2.05, 4.69) is 27.3 Å². The van der Waals surface area contributed by atoms with Crippen LogP contribution < -0.4 is 14.8 Å². The second kappa shape index (κ2) is 10.2. The average molecular weight is 518 g/mol. The summed E-state index contributed by atoms with van der Waals surface area (Å²) in [5, 5.41) is 11.9. The van der Waals surface area contributed by atoms with Gasteiger partial charge in [0.1, 0.15) is 12.3 Å². The summed E-state index contributed by atoms with van der Waals surface area (Å²) in [6.07, 6.45) is 1.59. The van der Waals surface area contributed by atoms with E-state index in [4.69, 9.17) is 9.47 Å². The quantitative estimate of drug-likeness (QED) is 0.351. The van der Waals surface area contributed by atoms with E-state index in [1.165, 1.54) is 7.11 Å². The van der Waals surface area contributed by atoms with Crippen molar-refractivity contribution < 1.29 is 19.1 Å². The van der Waals surface area contributed by atoms with E-state index in [1.807, 2.05) is 42.5 Å². The van der Waals surface area contributed by atoms with Gasteiger partial charge in [0.05, 0.1) is 25.3 Å². The molecule has 4 rings (SSSR count). The molecule has 3 amide bonds. The van der Waals surface area contributed by atoms with Crippen molar-refractivity contribution in [3.8, 4) is 17.6 Å². The Balaban J connectivity index is 1.55.